The Morgan fingerprint density at radius 3 is 2.64 bits per heavy atom. The normalized spacial score (nSPS) is 18.9. The average molecular weight is 486 g/mol. The molecule has 1 aromatic heterocycles. The van der Waals surface area contributed by atoms with Gasteiger partial charge in [-0.25, -0.2) is 9.37 Å². The number of piperidine rings is 1. The second kappa shape index (κ2) is 8.26. The molecule has 0 spiro atoms. The average Bonchev–Trinajstić information content (AvgIpc) is 3.64. The number of carbonyl (C=O) groups is 1. The highest BCUT2D eigenvalue weighted by Crippen LogP contribution is 2.39. The van der Waals surface area contributed by atoms with E-state index in [1.807, 2.05) is 47.4 Å². The monoisotopic (exact) mass is 485 g/mol. The number of fused-ring (bicyclic) bond motifs is 3. The molecule has 0 radical (unpaired) electrons. The van der Waals surface area contributed by atoms with Gasteiger partial charge in [0.25, 0.3) is 5.91 Å². The zero-order valence-electron chi connectivity index (χ0n) is 19.5. The van der Waals surface area contributed by atoms with Crippen molar-refractivity contribution in [1.29, 1.82) is 0 Å². The minimum absolute atomic E-state index is 0.0400. The van der Waals surface area contributed by atoms with Crippen LogP contribution in [0.25, 0.3) is 22.4 Å². The van der Waals surface area contributed by atoms with Crippen molar-refractivity contribution in [3.05, 3.63) is 72.0 Å². The van der Waals surface area contributed by atoms with Gasteiger partial charge >= 0.3 is 0 Å². The summed E-state index contributed by atoms with van der Waals surface area (Å²) >= 11 is 0. The fourth-order valence-corrected chi connectivity index (χ4v) is 5.55. The van der Waals surface area contributed by atoms with E-state index in [0.29, 0.717) is 36.5 Å². The van der Waals surface area contributed by atoms with Crippen LogP contribution in [0.1, 0.15) is 24.4 Å². The third-order valence-electron chi connectivity index (χ3n) is 7.35. The molecule has 4 aromatic rings. The number of rotatable bonds is 3. The molecule has 1 saturated heterocycles. The van der Waals surface area contributed by atoms with Crippen molar-refractivity contribution >= 4 is 16.9 Å². The molecule has 1 amide bonds. The summed E-state index contributed by atoms with van der Waals surface area (Å²) in [4.78, 5) is 19.9. The first-order valence-electron chi connectivity index (χ1n) is 12.2. The van der Waals surface area contributed by atoms with Crippen LogP contribution in [0.5, 0.6) is 17.2 Å². The van der Waals surface area contributed by atoms with Crippen LogP contribution < -0.4 is 14.2 Å². The first-order chi connectivity index (χ1) is 17.6. The van der Waals surface area contributed by atoms with Gasteiger partial charge in [0.1, 0.15) is 17.4 Å². The van der Waals surface area contributed by atoms with Crippen LogP contribution in [0.3, 0.4) is 0 Å². The topological polar surface area (TPSA) is 65.8 Å². The summed E-state index contributed by atoms with van der Waals surface area (Å²) in [7, 11) is 0. The maximum absolute atomic E-state index is 14.0. The molecule has 0 aliphatic carbocycles. The fraction of sp³-hybridized carbons (Fsp3) is 0.286. The van der Waals surface area contributed by atoms with Gasteiger partial charge in [-0.05, 0) is 54.8 Å². The zero-order valence-corrected chi connectivity index (χ0v) is 19.5. The molecule has 7 rings (SSSR count). The third kappa shape index (κ3) is 3.47. The van der Waals surface area contributed by atoms with Crippen molar-refractivity contribution in [1.82, 2.24) is 14.5 Å². The summed E-state index contributed by atoms with van der Waals surface area (Å²) < 4.78 is 33.2. The molecule has 3 aromatic carbocycles. The van der Waals surface area contributed by atoms with Crippen molar-refractivity contribution in [3.8, 4) is 28.6 Å². The van der Waals surface area contributed by atoms with E-state index in [-0.39, 0.29) is 24.6 Å². The molecule has 8 heteroatoms. The van der Waals surface area contributed by atoms with Crippen LogP contribution in [0.15, 0.2) is 60.7 Å². The maximum Gasteiger partial charge on any atom is 0.263 e. The summed E-state index contributed by atoms with van der Waals surface area (Å²) in [6, 6.07) is 18.4. The molecule has 1 fully saturated rings. The molecule has 7 nitrogen and oxygen atoms in total. The zero-order chi connectivity index (χ0) is 24.2. The molecule has 0 N–H and O–H groups in total. The van der Waals surface area contributed by atoms with Crippen LogP contribution in [0.4, 0.5) is 4.39 Å². The number of hydrogen-bond acceptors (Lipinski definition) is 5. The standard InChI is InChI=1S/C28H24FN3O4/c29-19-6-7-22-21(15-19)30-27(18-5-8-24-25(14-18)35-16-34-24)32(22)20-9-11-31(12-10-20)28(33)26-13-17-3-1-2-4-23(17)36-26/h1-8,14-15,20,26H,9-13,16H2/t26-/m0/s1. The van der Waals surface area contributed by atoms with E-state index in [1.54, 1.807) is 6.07 Å². The lowest BCUT2D eigenvalue weighted by Crippen LogP contribution is -2.45. The predicted molar refractivity (Wildman–Crippen MR) is 131 cm³/mol. The number of benzene rings is 3. The lowest BCUT2D eigenvalue weighted by molar-refractivity contribution is -0.139. The highest BCUT2D eigenvalue weighted by Gasteiger charge is 2.35. The minimum Gasteiger partial charge on any atom is -0.480 e. The summed E-state index contributed by atoms with van der Waals surface area (Å²) in [6.07, 6.45) is 1.69. The lowest BCUT2D eigenvalue weighted by Gasteiger charge is -2.34. The molecule has 3 aliphatic rings. The molecule has 36 heavy (non-hydrogen) atoms. The molecule has 1 atom stereocenters. The molecular formula is C28H24FN3O4. The molecule has 3 aliphatic heterocycles. The SMILES string of the molecule is O=C([C@@H]1Cc2ccccc2O1)N1CCC(n2c(-c3ccc4c(c3)OCO4)nc3cc(F)ccc32)CC1. The fourth-order valence-electron chi connectivity index (χ4n) is 5.55. The number of nitrogens with zero attached hydrogens (tertiary/aromatic N) is 3. The van der Waals surface area contributed by atoms with Gasteiger partial charge in [0.2, 0.25) is 6.79 Å². The summed E-state index contributed by atoms with van der Waals surface area (Å²) in [5, 5.41) is 0. The predicted octanol–water partition coefficient (Wildman–Crippen LogP) is 4.74. The van der Waals surface area contributed by atoms with Crippen molar-refractivity contribution < 1.29 is 23.4 Å². The number of imidazole rings is 1. The van der Waals surface area contributed by atoms with E-state index < -0.39 is 6.10 Å². The van der Waals surface area contributed by atoms with Crippen molar-refractivity contribution in [2.75, 3.05) is 19.9 Å². The van der Waals surface area contributed by atoms with Crippen molar-refractivity contribution in [2.45, 2.75) is 31.4 Å². The minimum atomic E-state index is -0.458. The van der Waals surface area contributed by atoms with E-state index >= 15 is 0 Å². The second-order valence-corrected chi connectivity index (χ2v) is 9.48. The highest BCUT2D eigenvalue weighted by molar-refractivity contribution is 5.83. The van der Waals surface area contributed by atoms with Gasteiger partial charge in [-0.2, -0.15) is 0 Å². The molecule has 0 unspecified atom stereocenters. The van der Waals surface area contributed by atoms with Gasteiger partial charge in [-0.3, -0.25) is 4.79 Å². The molecule has 4 heterocycles. The van der Waals surface area contributed by atoms with Gasteiger partial charge in [0.05, 0.1) is 11.0 Å². The Bertz CT molecular complexity index is 1470. The Morgan fingerprint density at radius 1 is 0.944 bits per heavy atom. The van der Waals surface area contributed by atoms with E-state index in [2.05, 4.69) is 4.57 Å². The number of aromatic nitrogens is 2. The maximum atomic E-state index is 14.0. The Labute approximate surface area is 207 Å². The third-order valence-corrected chi connectivity index (χ3v) is 7.35. The first kappa shape index (κ1) is 21.2. The highest BCUT2D eigenvalue weighted by atomic mass is 19.1. The summed E-state index contributed by atoms with van der Waals surface area (Å²) in [6.45, 7) is 1.45. The number of amides is 1. The number of halogens is 1. The van der Waals surface area contributed by atoms with E-state index in [1.165, 1.54) is 12.1 Å². The van der Waals surface area contributed by atoms with Crippen LogP contribution in [-0.4, -0.2) is 46.3 Å². The Morgan fingerprint density at radius 2 is 1.78 bits per heavy atom. The van der Waals surface area contributed by atoms with E-state index in [4.69, 9.17) is 19.2 Å². The summed E-state index contributed by atoms with van der Waals surface area (Å²) in [5.41, 5.74) is 3.45. The second-order valence-electron chi connectivity index (χ2n) is 9.48. The number of likely N-dealkylation sites (tertiary alicyclic amines) is 1. The van der Waals surface area contributed by atoms with E-state index in [0.717, 1.165) is 41.1 Å². The van der Waals surface area contributed by atoms with Gasteiger partial charge in [0.15, 0.2) is 17.6 Å². The van der Waals surface area contributed by atoms with Crippen LogP contribution in [0, 0.1) is 5.82 Å². The molecular weight excluding hydrogens is 461 g/mol. The van der Waals surface area contributed by atoms with Crippen molar-refractivity contribution in [2.24, 2.45) is 0 Å². The number of carbonyl (C=O) groups excluding carboxylic acids is 1. The first-order valence-corrected chi connectivity index (χ1v) is 12.2. The number of ether oxygens (including phenoxy) is 3. The van der Waals surface area contributed by atoms with E-state index in [9.17, 15) is 9.18 Å². The summed E-state index contributed by atoms with van der Waals surface area (Å²) in [5.74, 6) is 2.66. The van der Waals surface area contributed by atoms with Crippen LogP contribution in [-0.2, 0) is 11.2 Å². The van der Waals surface area contributed by atoms with Crippen LogP contribution >= 0.6 is 0 Å². The Balaban J connectivity index is 1.16. The quantitative estimate of drug-likeness (QED) is 0.420. The number of para-hydroxylation sites is 1. The molecule has 0 saturated carbocycles. The van der Waals surface area contributed by atoms with Gasteiger partial charge in [0, 0.05) is 37.2 Å². The smallest absolute Gasteiger partial charge is 0.263 e. The van der Waals surface area contributed by atoms with Gasteiger partial charge in [-0.15, -0.1) is 0 Å². The van der Waals surface area contributed by atoms with Gasteiger partial charge in [-0.1, -0.05) is 18.2 Å². The Hall–Kier alpha value is -4.07. The Kier molecular flexibility index (Phi) is 4.87. The van der Waals surface area contributed by atoms with Crippen LogP contribution in [0.2, 0.25) is 0 Å². The largest absolute Gasteiger partial charge is 0.480 e. The van der Waals surface area contributed by atoms with Gasteiger partial charge < -0.3 is 23.7 Å². The molecule has 0 bridgehead atoms. The van der Waals surface area contributed by atoms with Crippen molar-refractivity contribution in [3.63, 3.8) is 0 Å². The number of hydrogen-bond donors (Lipinski definition) is 0. The molecule has 182 valence electrons. The lowest BCUT2D eigenvalue weighted by atomic mass is 10.0.